The van der Waals surface area contributed by atoms with E-state index >= 15 is 0 Å². The summed E-state index contributed by atoms with van der Waals surface area (Å²) in [5, 5.41) is 15.6. The third-order valence-corrected chi connectivity index (χ3v) is 5.63. The van der Waals surface area contributed by atoms with Crippen molar-refractivity contribution < 1.29 is 9.90 Å². The minimum Gasteiger partial charge on any atom is -0.506 e. The summed E-state index contributed by atoms with van der Waals surface area (Å²) in [5.74, 6) is 0.351. The number of nitrogens with zero attached hydrogens (tertiary/aromatic N) is 2. The number of hydrogen-bond donors (Lipinski definition) is 2. The smallest absolute Gasteiger partial charge is 0.234 e. The molecule has 1 fully saturated rings. The van der Waals surface area contributed by atoms with Crippen LogP contribution < -0.4 is 10.2 Å². The SMILES string of the molecule is C[C@@H](NC(=O)CN1CCN(c2ccccc2O)CC1)c1cccc2ccccc12. The molecule has 3 aromatic carbocycles. The number of aromatic hydroxyl groups is 1. The van der Waals surface area contributed by atoms with E-state index in [1.165, 1.54) is 10.8 Å². The number of amides is 1. The van der Waals surface area contributed by atoms with Crippen LogP contribution in [0.1, 0.15) is 18.5 Å². The van der Waals surface area contributed by atoms with Crippen LogP contribution in [-0.2, 0) is 4.79 Å². The van der Waals surface area contributed by atoms with Crippen LogP contribution in [0.2, 0.25) is 0 Å². The molecule has 0 aromatic heterocycles. The van der Waals surface area contributed by atoms with Crippen molar-refractivity contribution in [2.24, 2.45) is 0 Å². The second-order valence-corrected chi connectivity index (χ2v) is 7.61. The minimum absolute atomic E-state index is 0.0430. The minimum atomic E-state index is -0.0452. The Morgan fingerprint density at radius 3 is 2.45 bits per heavy atom. The number of anilines is 1. The third-order valence-electron chi connectivity index (χ3n) is 5.63. The molecule has 0 aliphatic carbocycles. The zero-order valence-electron chi connectivity index (χ0n) is 16.7. The molecular weight excluding hydrogens is 362 g/mol. The van der Waals surface area contributed by atoms with Crippen LogP contribution in [0.3, 0.4) is 0 Å². The number of rotatable bonds is 5. The van der Waals surface area contributed by atoms with Gasteiger partial charge in [0.15, 0.2) is 0 Å². The van der Waals surface area contributed by atoms with Gasteiger partial charge in [-0.05, 0) is 35.4 Å². The Balaban J connectivity index is 1.33. The number of carbonyl (C=O) groups excluding carboxylic acids is 1. The summed E-state index contributed by atoms with van der Waals surface area (Å²) in [4.78, 5) is 17.0. The number of phenolic OH excluding ortho intramolecular Hbond substituents is 1. The van der Waals surface area contributed by atoms with Crippen molar-refractivity contribution in [3.05, 3.63) is 72.3 Å². The first kappa shape index (κ1) is 19.3. The lowest BCUT2D eigenvalue weighted by Gasteiger charge is -2.36. The standard InChI is InChI=1S/C24H27N3O2/c1-18(20-10-6-8-19-7-2-3-9-21(19)20)25-24(29)17-26-13-15-27(16-14-26)22-11-4-5-12-23(22)28/h2-12,18,28H,13-17H2,1H3,(H,25,29)/t18-/m1/s1. The van der Waals surface area contributed by atoms with Crippen LogP contribution in [-0.4, -0.2) is 48.6 Å². The van der Waals surface area contributed by atoms with Crippen LogP contribution in [0.25, 0.3) is 10.8 Å². The van der Waals surface area contributed by atoms with Crippen molar-refractivity contribution in [1.82, 2.24) is 10.2 Å². The monoisotopic (exact) mass is 389 g/mol. The summed E-state index contributed by atoms with van der Waals surface area (Å²) < 4.78 is 0. The molecule has 1 heterocycles. The van der Waals surface area contributed by atoms with Gasteiger partial charge in [-0.1, -0.05) is 54.6 Å². The van der Waals surface area contributed by atoms with Gasteiger partial charge in [0.05, 0.1) is 18.3 Å². The molecule has 29 heavy (non-hydrogen) atoms. The molecule has 0 bridgehead atoms. The van der Waals surface area contributed by atoms with E-state index in [4.69, 9.17) is 0 Å². The Morgan fingerprint density at radius 1 is 0.966 bits per heavy atom. The van der Waals surface area contributed by atoms with Crippen molar-refractivity contribution >= 4 is 22.4 Å². The van der Waals surface area contributed by atoms with E-state index in [2.05, 4.69) is 39.4 Å². The molecule has 1 amide bonds. The van der Waals surface area contributed by atoms with Gasteiger partial charge in [-0.25, -0.2) is 0 Å². The second kappa shape index (κ2) is 8.53. The maximum absolute atomic E-state index is 12.6. The molecule has 1 atom stereocenters. The first-order chi connectivity index (χ1) is 14.1. The Hall–Kier alpha value is -3.05. The Labute approximate surface area is 171 Å². The van der Waals surface area contributed by atoms with E-state index in [9.17, 15) is 9.90 Å². The molecule has 0 radical (unpaired) electrons. The molecule has 0 spiro atoms. The van der Waals surface area contributed by atoms with Crippen LogP contribution >= 0.6 is 0 Å². The van der Waals surface area contributed by atoms with Gasteiger partial charge in [0.1, 0.15) is 5.75 Å². The largest absolute Gasteiger partial charge is 0.506 e. The van der Waals surface area contributed by atoms with Crippen LogP contribution in [0.15, 0.2) is 66.7 Å². The van der Waals surface area contributed by atoms with Crippen molar-refractivity contribution in [3.63, 3.8) is 0 Å². The van der Waals surface area contributed by atoms with E-state index in [1.54, 1.807) is 6.07 Å². The Morgan fingerprint density at radius 2 is 1.66 bits per heavy atom. The lowest BCUT2D eigenvalue weighted by Crippen LogP contribution is -2.49. The lowest BCUT2D eigenvalue weighted by atomic mass is 10.00. The van der Waals surface area contributed by atoms with Crippen LogP contribution in [0.5, 0.6) is 5.75 Å². The average Bonchev–Trinajstić information content (AvgIpc) is 2.74. The van der Waals surface area contributed by atoms with Crippen LogP contribution in [0, 0.1) is 0 Å². The Bertz CT molecular complexity index is 991. The summed E-state index contributed by atoms with van der Waals surface area (Å²) in [6, 6.07) is 21.8. The van der Waals surface area contributed by atoms with Gasteiger partial charge in [-0.3, -0.25) is 9.69 Å². The van der Waals surface area contributed by atoms with Gasteiger partial charge in [0.2, 0.25) is 5.91 Å². The Kier molecular flexibility index (Phi) is 5.67. The highest BCUT2D eigenvalue weighted by atomic mass is 16.3. The summed E-state index contributed by atoms with van der Waals surface area (Å²) >= 11 is 0. The molecular formula is C24H27N3O2. The van der Waals surface area contributed by atoms with Gasteiger partial charge < -0.3 is 15.3 Å². The molecule has 1 aliphatic rings. The maximum Gasteiger partial charge on any atom is 0.234 e. The normalized spacial score (nSPS) is 16.0. The summed E-state index contributed by atoms with van der Waals surface area (Å²) in [6.45, 7) is 5.61. The second-order valence-electron chi connectivity index (χ2n) is 7.61. The molecule has 2 N–H and O–H groups in total. The molecule has 3 aromatic rings. The van der Waals surface area contributed by atoms with Gasteiger partial charge >= 0.3 is 0 Å². The van der Waals surface area contributed by atoms with Gasteiger partial charge in [0.25, 0.3) is 0 Å². The number of benzene rings is 3. The number of hydrogen-bond acceptors (Lipinski definition) is 4. The number of fused-ring (bicyclic) bond motifs is 1. The van der Waals surface area contributed by atoms with E-state index in [0.29, 0.717) is 12.3 Å². The topological polar surface area (TPSA) is 55.8 Å². The molecule has 0 saturated carbocycles. The molecule has 1 aliphatic heterocycles. The molecule has 5 heteroatoms. The molecule has 5 nitrogen and oxygen atoms in total. The quantitative estimate of drug-likeness (QED) is 0.701. The fourth-order valence-electron chi connectivity index (χ4n) is 4.07. The van der Waals surface area contributed by atoms with Gasteiger partial charge in [0, 0.05) is 26.2 Å². The van der Waals surface area contributed by atoms with Crippen molar-refractivity contribution in [2.45, 2.75) is 13.0 Å². The van der Waals surface area contributed by atoms with Crippen molar-refractivity contribution in [2.75, 3.05) is 37.6 Å². The molecule has 4 rings (SSSR count). The van der Waals surface area contributed by atoms with Crippen molar-refractivity contribution in [1.29, 1.82) is 0 Å². The number of nitrogens with one attached hydrogen (secondary N) is 1. The number of phenols is 1. The average molecular weight is 389 g/mol. The fourth-order valence-corrected chi connectivity index (χ4v) is 4.07. The van der Waals surface area contributed by atoms with E-state index < -0.39 is 0 Å². The lowest BCUT2D eigenvalue weighted by molar-refractivity contribution is -0.123. The van der Waals surface area contributed by atoms with Crippen LogP contribution in [0.4, 0.5) is 5.69 Å². The van der Waals surface area contributed by atoms with E-state index in [1.807, 2.05) is 43.3 Å². The highest BCUT2D eigenvalue weighted by Crippen LogP contribution is 2.27. The summed E-state index contributed by atoms with van der Waals surface area (Å²) in [6.07, 6.45) is 0. The zero-order valence-corrected chi connectivity index (χ0v) is 16.7. The predicted molar refractivity (Wildman–Crippen MR) is 117 cm³/mol. The maximum atomic E-state index is 12.6. The number of carbonyl (C=O) groups is 1. The predicted octanol–water partition coefficient (Wildman–Crippen LogP) is 3.54. The zero-order chi connectivity index (χ0) is 20.2. The van der Waals surface area contributed by atoms with Crippen molar-refractivity contribution in [3.8, 4) is 5.75 Å². The van der Waals surface area contributed by atoms with E-state index in [0.717, 1.165) is 37.4 Å². The molecule has 1 saturated heterocycles. The summed E-state index contributed by atoms with van der Waals surface area (Å²) in [5.41, 5.74) is 2.00. The molecule has 150 valence electrons. The first-order valence-corrected chi connectivity index (χ1v) is 10.1. The molecule has 0 unspecified atom stereocenters. The fraction of sp³-hybridized carbons (Fsp3) is 0.292. The highest BCUT2D eigenvalue weighted by Gasteiger charge is 2.21. The highest BCUT2D eigenvalue weighted by molar-refractivity contribution is 5.87. The third kappa shape index (κ3) is 4.35. The number of piperazine rings is 1. The van der Waals surface area contributed by atoms with E-state index in [-0.39, 0.29) is 11.9 Å². The van der Waals surface area contributed by atoms with Gasteiger partial charge in [-0.15, -0.1) is 0 Å². The van der Waals surface area contributed by atoms with Gasteiger partial charge in [-0.2, -0.15) is 0 Å². The first-order valence-electron chi connectivity index (χ1n) is 10.1. The summed E-state index contributed by atoms with van der Waals surface area (Å²) in [7, 11) is 0. The number of para-hydroxylation sites is 2.